The number of amides is 2. The summed E-state index contributed by atoms with van der Waals surface area (Å²) < 4.78 is 15.6. The maximum atomic E-state index is 12.8. The van der Waals surface area contributed by atoms with Crippen LogP contribution in [0.1, 0.15) is 12.8 Å². The summed E-state index contributed by atoms with van der Waals surface area (Å²) in [5, 5.41) is 5.60. The van der Waals surface area contributed by atoms with Crippen molar-refractivity contribution < 1.29 is 23.8 Å². The summed E-state index contributed by atoms with van der Waals surface area (Å²) in [6.07, 6.45) is 0.986. The fraction of sp³-hybridized carbons (Fsp3) is 0.300. The number of rotatable bonds is 7. The van der Waals surface area contributed by atoms with Crippen LogP contribution >= 0.6 is 0 Å². The molecule has 7 nitrogen and oxygen atoms in total. The molecule has 0 atom stereocenters. The molecule has 142 valence electrons. The maximum absolute atomic E-state index is 12.8. The summed E-state index contributed by atoms with van der Waals surface area (Å²) in [5.74, 6) is 1.02. The van der Waals surface area contributed by atoms with Crippen molar-refractivity contribution in [2.45, 2.75) is 12.8 Å². The number of ether oxygens (including phenoxy) is 3. The minimum atomic E-state index is -1.08. The van der Waals surface area contributed by atoms with Gasteiger partial charge in [-0.2, -0.15) is 0 Å². The van der Waals surface area contributed by atoms with Gasteiger partial charge in [0.2, 0.25) is 11.8 Å². The van der Waals surface area contributed by atoms with Gasteiger partial charge in [0, 0.05) is 17.8 Å². The summed E-state index contributed by atoms with van der Waals surface area (Å²) in [5.41, 5.74) is -0.00204. The van der Waals surface area contributed by atoms with Gasteiger partial charge in [0.05, 0.1) is 27.0 Å². The van der Waals surface area contributed by atoms with Crippen molar-refractivity contribution in [3.05, 3.63) is 42.5 Å². The molecule has 0 saturated heterocycles. The van der Waals surface area contributed by atoms with Crippen molar-refractivity contribution in [1.82, 2.24) is 0 Å². The van der Waals surface area contributed by atoms with E-state index in [2.05, 4.69) is 10.6 Å². The van der Waals surface area contributed by atoms with E-state index in [0.717, 1.165) is 0 Å². The van der Waals surface area contributed by atoms with Crippen molar-refractivity contribution in [2.75, 3.05) is 32.0 Å². The lowest BCUT2D eigenvalue weighted by molar-refractivity contribution is -0.131. The predicted octanol–water partition coefficient (Wildman–Crippen LogP) is 3.07. The third-order valence-corrected chi connectivity index (χ3v) is 4.60. The predicted molar refractivity (Wildman–Crippen MR) is 101 cm³/mol. The lowest BCUT2D eigenvalue weighted by atomic mass is 10.0. The minimum Gasteiger partial charge on any atom is -0.497 e. The Morgan fingerprint density at radius 1 is 0.852 bits per heavy atom. The van der Waals surface area contributed by atoms with Gasteiger partial charge >= 0.3 is 0 Å². The molecule has 0 heterocycles. The van der Waals surface area contributed by atoms with Crippen molar-refractivity contribution in [2.24, 2.45) is 5.41 Å². The highest BCUT2D eigenvalue weighted by atomic mass is 16.5. The molecule has 2 aromatic carbocycles. The molecule has 0 radical (unpaired) electrons. The first-order valence-corrected chi connectivity index (χ1v) is 8.51. The van der Waals surface area contributed by atoms with Crippen LogP contribution in [-0.4, -0.2) is 33.1 Å². The smallest absolute Gasteiger partial charge is 0.240 e. The van der Waals surface area contributed by atoms with E-state index in [1.54, 1.807) is 56.7 Å². The van der Waals surface area contributed by atoms with E-state index in [0.29, 0.717) is 41.5 Å². The van der Waals surface area contributed by atoms with Gasteiger partial charge in [-0.05, 0) is 37.1 Å². The molecule has 1 saturated carbocycles. The quantitative estimate of drug-likeness (QED) is 0.732. The molecule has 3 rings (SSSR count). The van der Waals surface area contributed by atoms with E-state index in [1.165, 1.54) is 7.11 Å². The van der Waals surface area contributed by atoms with Crippen LogP contribution in [0, 0.1) is 5.41 Å². The Morgan fingerprint density at radius 2 is 1.52 bits per heavy atom. The van der Waals surface area contributed by atoms with Gasteiger partial charge < -0.3 is 24.8 Å². The summed E-state index contributed by atoms with van der Waals surface area (Å²) in [7, 11) is 4.61. The summed E-state index contributed by atoms with van der Waals surface area (Å²) in [6, 6.07) is 12.1. The van der Waals surface area contributed by atoms with Gasteiger partial charge in [-0.25, -0.2) is 0 Å². The molecule has 0 spiro atoms. The van der Waals surface area contributed by atoms with E-state index < -0.39 is 5.41 Å². The fourth-order valence-corrected chi connectivity index (χ4v) is 2.78. The van der Waals surface area contributed by atoms with Gasteiger partial charge in [-0.15, -0.1) is 0 Å². The lowest BCUT2D eigenvalue weighted by Gasteiger charge is -2.17. The molecule has 0 unspecified atom stereocenters. The first-order chi connectivity index (χ1) is 13.0. The van der Waals surface area contributed by atoms with Crippen LogP contribution in [0.2, 0.25) is 0 Å². The maximum Gasteiger partial charge on any atom is 0.240 e. The van der Waals surface area contributed by atoms with Crippen LogP contribution < -0.4 is 24.8 Å². The molecule has 1 aliphatic carbocycles. The van der Waals surface area contributed by atoms with Gasteiger partial charge in [0.15, 0.2) is 0 Å². The number of benzene rings is 2. The van der Waals surface area contributed by atoms with Crippen LogP contribution in [0.15, 0.2) is 42.5 Å². The largest absolute Gasteiger partial charge is 0.497 e. The first kappa shape index (κ1) is 18.6. The Hall–Kier alpha value is -3.22. The summed E-state index contributed by atoms with van der Waals surface area (Å²) >= 11 is 0. The number of hydrogen-bond acceptors (Lipinski definition) is 5. The monoisotopic (exact) mass is 370 g/mol. The average molecular weight is 370 g/mol. The van der Waals surface area contributed by atoms with Crippen LogP contribution in [0.3, 0.4) is 0 Å². The number of nitrogens with one attached hydrogen (secondary N) is 2. The second-order valence-corrected chi connectivity index (χ2v) is 6.29. The van der Waals surface area contributed by atoms with Crippen LogP contribution in [0.4, 0.5) is 11.4 Å². The Labute approximate surface area is 157 Å². The van der Waals surface area contributed by atoms with Gasteiger partial charge in [0.1, 0.15) is 22.7 Å². The van der Waals surface area contributed by atoms with Crippen molar-refractivity contribution >= 4 is 23.2 Å². The Bertz CT molecular complexity index is 861. The normalized spacial score (nSPS) is 14.0. The van der Waals surface area contributed by atoms with Gasteiger partial charge in [-0.3, -0.25) is 9.59 Å². The molecule has 27 heavy (non-hydrogen) atoms. The number of methoxy groups -OCH3 is 3. The molecular formula is C20H22N2O5. The molecule has 7 heteroatoms. The van der Waals surface area contributed by atoms with Crippen LogP contribution in [0.5, 0.6) is 17.2 Å². The van der Waals surface area contributed by atoms with Crippen molar-refractivity contribution in [3.63, 3.8) is 0 Å². The van der Waals surface area contributed by atoms with Gasteiger partial charge in [-0.1, -0.05) is 6.07 Å². The third-order valence-electron chi connectivity index (χ3n) is 4.60. The number of hydrogen-bond donors (Lipinski definition) is 2. The fourth-order valence-electron chi connectivity index (χ4n) is 2.78. The summed E-state index contributed by atoms with van der Waals surface area (Å²) in [6.45, 7) is 0. The molecule has 2 N–H and O–H groups in total. The zero-order valence-corrected chi connectivity index (χ0v) is 15.5. The lowest BCUT2D eigenvalue weighted by Crippen LogP contribution is -2.35. The molecule has 0 aliphatic heterocycles. The topological polar surface area (TPSA) is 85.9 Å². The highest BCUT2D eigenvalue weighted by Crippen LogP contribution is 2.48. The Morgan fingerprint density at radius 3 is 2.15 bits per heavy atom. The van der Waals surface area contributed by atoms with Crippen LogP contribution in [0.25, 0.3) is 0 Å². The molecule has 2 aromatic rings. The molecule has 1 aliphatic rings. The van der Waals surface area contributed by atoms with E-state index in [4.69, 9.17) is 14.2 Å². The van der Waals surface area contributed by atoms with Crippen molar-refractivity contribution in [3.8, 4) is 17.2 Å². The van der Waals surface area contributed by atoms with E-state index in [-0.39, 0.29) is 11.8 Å². The minimum absolute atomic E-state index is 0.333. The number of carbonyl (C=O) groups excluding carboxylic acids is 2. The average Bonchev–Trinajstić information content (AvgIpc) is 3.50. The Balaban J connectivity index is 1.73. The van der Waals surface area contributed by atoms with Gasteiger partial charge in [0.25, 0.3) is 0 Å². The molecule has 1 fully saturated rings. The SMILES string of the molecule is COc1cccc(NC(=O)C2(C(=O)Nc3ccc(OC)cc3OC)CC2)c1. The second kappa shape index (κ2) is 7.57. The highest BCUT2D eigenvalue weighted by Gasteiger charge is 2.56. The molecule has 2 amide bonds. The number of anilines is 2. The standard InChI is InChI=1S/C20H22N2O5/c1-25-14-6-4-5-13(11-14)21-18(23)20(9-10-20)19(24)22-16-8-7-15(26-2)12-17(16)27-3/h4-8,11-12H,9-10H2,1-3H3,(H,21,23)(H,22,24). The van der Waals surface area contributed by atoms with Crippen molar-refractivity contribution in [1.29, 1.82) is 0 Å². The second-order valence-electron chi connectivity index (χ2n) is 6.29. The van der Waals surface area contributed by atoms with E-state index >= 15 is 0 Å². The van der Waals surface area contributed by atoms with Crippen LogP contribution in [-0.2, 0) is 9.59 Å². The van der Waals surface area contributed by atoms with E-state index in [9.17, 15) is 9.59 Å². The first-order valence-electron chi connectivity index (χ1n) is 8.51. The Kier molecular flexibility index (Phi) is 5.21. The summed E-state index contributed by atoms with van der Waals surface area (Å²) in [4.78, 5) is 25.5. The zero-order valence-electron chi connectivity index (χ0n) is 15.5. The molecule has 0 aromatic heterocycles. The highest BCUT2D eigenvalue weighted by molar-refractivity contribution is 6.17. The number of carbonyl (C=O) groups is 2. The zero-order chi connectivity index (χ0) is 19.4. The van der Waals surface area contributed by atoms with E-state index in [1.807, 2.05) is 0 Å². The molecular weight excluding hydrogens is 348 g/mol. The molecule has 0 bridgehead atoms. The third kappa shape index (κ3) is 3.81.